The first kappa shape index (κ1) is 20.3. The zero-order chi connectivity index (χ0) is 21.5. The number of carbonyl (C=O) groups is 2. The molecule has 154 valence electrons. The van der Waals surface area contributed by atoms with Crippen LogP contribution >= 0.6 is 22.9 Å². The topological polar surface area (TPSA) is 106 Å². The highest BCUT2D eigenvalue weighted by Gasteiger charge is 2.37. The van der Waals surface area contributed by atoms with Gasteiger partial charge in [-0.15, -0.1) is 11.3 Å². The molecule has 1 N–H and O–H groups in total. The number of hydrogen-bond donors (Lipinski definition) is 1. The van der Waals surface area contributed by atoms with Crippen molar-refractivity contribution in [3.63, 3.8) is 0 Å². The molecule has 0 atom stereocenters. The van der Waals surface area contributed by atoms with Gasteiger partial charge in [-0.25, -0.2) is 8.42 Å². The van der Waals surface area contributed by atoms with Crippen molar-refractivity contribution in [3.05, 3.63) is 69.8 Å². The number of fused-ring (bicyclic) bond motifs is 1. The van der Waals surface area contributed by atoms with E-state index < -0.39 is 21.8 Å². The first-order valence-electron chi connectivity index (χ1n) is 8.56. The van der Waals surface area contributed by atoms with E-state index in [1.54, 1.807) is 24.3 Å². The van der Waals surface area contributed by atoms with Crippen molar-refractivity contribution in [1.82, 2.24) is 9.88 Å². The number of nitrogens with one attached hydrogen (secondary N) is 1. The minimum Gasteiger partial charge on any atom is -0.495 e. The number of thiophene rings is 1. The number of amides is 2. The molecule has 3 heterocycles. The lowest BCUT2D eigenvalue weighted by atomic mass is 10.2. The van der Waals surface area contributed by atoms with Crippen molar-refractivity contribution in [2.75, 3.05) is 11.8 Å². The van der Waals surface area contributed by atoms with Gasteiger partial charge in [0.15, 0.2) is 0 Å². The molecule has 30 heavy (non-hydrogen) atoms. The van der Waals surface area contributed by atoms with Gasteiger partial charge in [0.25, 0.3) is 21.8 Å². The number of methoxy groups -OCH3 is 1. The number of anilines is 1. The van der Waals surface area contributed by atoms with Gasteiger partial charge >= 0.3 is 0 Å². The van der Waals surface area contributed by atoms with Crippen molar-refractivity contribution in [3.8, 4) is 5.75 Å². The fraction of sp³-hybridized carbons (Fsp3) is 0.105. The number of nitrogens with zero attached hydrogens (tertiary/aromatic N) is 2. The lowest BCUT2D eigenvalue weighted by Crippen LogP contribution is -2.28. The summed E-state index contributed by atoms with van der Waals surface area (Å²) in [4.78, 5) is 30.5. The fourth-order valence-corrected chi connectivity index (χ4v) is 5.53. The Bertz CT molecular complexity index is 1240. The molecule has 3 aromatic rings. The average molecular weight is 464 g/mol. The predicted octanol–water partition coefficient (Wildman–Crippen LogP) is 3.40. The Morgan fingerprint density at radius 2 is 1.97 bits per heavy atom. The third-order valence-electron chi connectivity index (χ3n) is 4.35. The molecule has 0 saturated carbocycles. The molecule has 4 rings (SSSR count). The van der Waals surface area contributed by atoms with Crippen LogP contribution in [0.2, 0.25) is 5.02 Å². The number of hydrogen-bond acceptors (Lipinski definition) is 7. The monoisotopic (exact) mass is 463 g/mol. The predicted molar refractivity (Wildman–Crippen MR) is 112 cm³/mol. The molecular weight excluding hydrogens is 450 g/mol. The van der Waals surface area contributed by atoms with Gasteiger partial charge in [0, 0.05) is 16.1 Å². The van der Waals surface area contributed by atoms with E-state index in [4.69, 9.17) is 16.3 Å². The van der Waals surface area contributed by atoms with Crippen LogP contribution in [0.4, 0.5) is 5.69 Å². The summed E-state index contributed by atoms with van der Waals surface area (Å²) in [6.45, 7) is -0.0469. The van der Waals surface area contributed by atoms with E-state index in [0.29, 0.717) is 15.6 Å². The summed E-state index contributed by atoms with van der Waals surface area (Å²) in [6, 6.07) is 10.7. The van der Waals surface area contributed by atoms with Crippen LogP contribution < -0.4 is 9.46 Å². The standard InChI is InChI=1S/C19H14ClN3O5S2/c1-28-15-6-4-11(20)9-14(15)22-30(26,27)16-7-5-12(29-16)10-23-18(24)13-3-2-8-21-17(13)19(23)25/h2-9,22H,10H2,1H3. The Balaban J connectivity index is 1.55. The van der Waals surface area contributed by atoms with Crippen LogP contribution in [-0.2, 0) is 16.6 Å². The number of pyridine rings is 1. The number of imide groups is 1. The highest BCUT2D eigenvalue weighted by Crippen LogP contribution is 2.32. The van der Waals surface area contributed by atoms with Crippen LogP contribution in [0, 0.1) is 0 Å². The summed E-state index contributed by atoms with van der Waals surface area (Å²) in [6.07, 6.45) is 1.44. The third kappa shape index (κ3) is 3.64. The van der Waals surface area contributed by atoms with E-state index in [-0.39, 0.29) is 27.7 Å². The number of benzene rings is 1. The normalized spacial score (nSPS) is 13.5. The Morgan fingerprint density at radius 1 is 1.17 bits per heavy atom. The molecule has 0 aliphatic carbocycles. The maximum absolute atomic E-state index is 12.8. The van der Waals surface area contributed by atoms with Crippen LogP contribution in [0.15, 0.2) is 52.9 Å². The third-order valence-corrected chi connectivity index (χ3v) is 7.52. The van der Waals surface area contributed by atoms with Crippen LogP contribution in [-0.4, -0.2) is 37.2 Å². The fourth-order valence-electron chi connectivity index (χ4n) is 2.96. The number of halogens is 1. The Morgan fingerprint density at radius 3 is 2.70 bits per heavy atom. The maximum atomic E-state index is 12.8. The van der Waals surface area contributed by atoms with E-state index in [9.17, 15) is 18.0 Å². The lowest BCUT2D eigenvalue weighted by molar-refractivity contribution is 0.0642. The summed E-state index contributed by atoms with van der Waals surface area (Å²) >= 11 is 6.91. The van der Waals surface area contributed by atoms with Gasteiger partial charge in [0.05, 0.1) is 24.9 Å². The summed E-state index contributed by atoms with van der Waals surface area (Å²) in [5, 5.41) is 0.347. The van der Waals surface area contributed by atoms with Crippen molar-refractivity contribution < 1.29 is 22.7 Å². The van der Waals surface area contributed by atoms with Crippen LogP contribution in [0.25, 0.3) is 0 Å². The first-order valence-corrected chi connectivity index (χ1v) is 11.2. The number of aromatic nitrogens is 1. The number of sulfonamides is 1. The molecule has 1 aliphatic heterocycles. The zero-order valence-corrected chi connectivity index (χ0v) is 17.8. The Hall–Kier alpha value is -2.95. The number of ether oxygens (including phenoxy) is 1. The van der Waals surface area contributed by atoms with E-state index in [1.807, 2.05) is 0 Å². The SMILES string of the molecule is COc1ccc(Cl)cc1NS(=O)(=O)c1ccc(CN2C(=O)c3cccnc3C2=O)s1. The van der Waals surface area contributed by atoms with Gasteiger partial charge in [0.2, 0.25) is 0 Å². The van der Waals surface area contributed by atoms with Gasteiger partial charge < -0.3 is 4.74 Å². The van der Waals surface area contributed by atoms with Crippen LogP contribution in [0.3, 0.4) is 0 Å². The summed E-state index contributed by atoms with van der Waals surface area (Å²) in [5.41, 5.74) is 0.537. The van der Waals surface area contributed by atoms with Gasteiger partial charge in [-0.2, -0.15) is 0 Å². The van der Waals surface area contributed by atoms with E-state index in [2.05, 4.69) is 9.71 Å². The zero-order valence-electron chi connectivity index (χ0n) is 15.5. The Kier molecular flexibility index (Phi) is 5.22. The number of carbonyl (C=O) groups excluding carboxylic acids is 2. The molecular formula is C19H14ClN3O5S2. The van der Waals surface area contributed by atoms with Crippen molar-refractivity contribution in [2.45, 2.75) is 10.8 Å². The molecule has 8 nitrogen and oxygen atoms in total. The maximum Gasteiger partial charge on any atom is 0.280 e. The molecule has 2 aromatic heterocycles. The first-order chi connectivity index (χ1) is 14.3. The van der Waals surface area contributed by atoms with Crippen LogP contribution in [0.1, 0.15) is 25.7 Å². The molecule has 2 amide bonds. The smallest absolute Gasteiger partial charge is 0.280 e. The second kappa shape index (κ2) is 7.71. The molecule has 0 unspecified atom stereocenters. The molecule has 1 aromatic carbocycles. The van der Waals surface area contributed by atoms with E-state index in [1.165, 1.54) is 31.5 Å². The lowest BCUT2D eigenvalue weighted by Gasteiger charge is -2.12. The quantitative estimate of drug-likeness (QED) is 0.561. The summed E-state index contributed by atoms with van der Waals surface area (Å²) in [7, 11) is -2.51. The van der Waals surface area contributed by atoms with Gasteiger partial charge in [-0.05, 0) is 42.5 Å². The van der Waals surface area contributed by atoms with Gasteiger partial charge in [-0.3, -0.25) is 24.2 Å². The minimum atomic E-state index is -3.93. The highest BCUT2D eigenvalue weighted by atomic mass is 35.5. The van der Waals surface area contributed by atoms with E-state index in [0.717, 1.165) is 16.2 Å². The molecule has 0 bridgehead atoms. The molecule has 0 fully saturated rings. The summed E-state index contributed by atoms with van der Waals surface area (Å²) in [5.74, 6) is -0.642. The molecule has 11 heteroatoms. The van der Waals surface area contributed by atoms with Crippen molar-refractivity contribution in [2.24, 2.45) is 0 Å². The van der Waals surface area contributed by atoms with Crippen molar-refractivity contribution >= 4 is 50.5 Å². The average Bonchev–Trinajstić information content (AvgIpc) is 3.29. The van der Waals surface area contributed by atoms with Crippen molar-refractivity contribution in [1.29, 1.82) is 0 Å². The second-order valence-corrected chi connectivity index (χ2v) is 9.78. The largest absolute Gasteiger partial charge is 0.495 e. The highest BCUT2D eigenvalue weighted by molar-refractivity contribution is 7.94. The van der Waals surface area contributed by atoms with Crippen LogP contribution in [0.5, 0.6) is 5.75 Å². The van der Waals surface area contributed by atoms with E-state index >= 15 is 0 Å². The molecule has 0 spiro atoms. The van der Waals surface area contributed by atoms with Gasteiger partial charge in [-0.1, -0.05) is 11.6 Å². The minimum absolute atomic E-state index is 0.0225. The molecule has 1 aliphatic rings. The second-order valence-electron chi connectivity index (χ2n) is 6.27. The Labute approximate surface area is 181 Å². The molecule has 0 radical (unpaired) electrons. The summed E-state index contributed by atoms with van der Waals surface area (Å²) < 4.78 is 33.2. The van der Waals surface area contributed by atoms with Gasteiger partial charge in [0.1, 0.15) is 15.7 Å². The number of rotatable bonds is 6. The molecule has 0 saturated heterocycles.